The van der Waals surface area contributed by atoms with Gasteiger partial charge in [-0.25, -0.2) is 4.68 Å². The summed E-state index contributed by atoms with van der Waals surface area (Å²) in [6, 6.07) is 19.6. The Labute approximate surface area is 200 Å². The first-order chi connectivity index (χ1) is 16.8. The number of nitrogens with one attached hydrogen (secondary N) is 1. The van der Waals surface area contributed by atoms with Crippen LogP contribution >= 0.6 is 0 Å². The summed E-state index contributed by atoms with van der Waals surface area (Å²) in [6.07, 6.45) is 0. The summed E-state index contributed by atoms with van der Waals surface area (Å²) < 4.78 is 1.32. The van der Waals surface area contributed by atoms with Crippen LogP contribution in [0.3, 0.4) is 0 Å². The van der Waals surface area contributed by atoms with E-state index in [9.17, 15) is 19.2 Å². The fourth-order valence-corrected chi connectivity index (χ4v) is 4.30. The lowest BCUT2D eigenvalue weighted by Crippen LogP contribution is -2.40. The van der Waals surface area contributed by atoms with Crippen molar-refractivity contribution in [2.24, 2.45) is 7.05 Å². The first kappa shape index (κ1) is 22.2. The molecule has 3 aromatic carbocycles. The molecule has 0 fully saturated rings. The minimum Gasteiger partial charge on any atom is -0.350 e. The van der Waals surface area contributed by atoms with Crippen LogP contribution in [0.5, 0.6) is 0 Å². The van der Waals surface area contributed by atoms with Crippen LogP contribution in [0, 0.1) is 6.92 Å². The number of hydrogen-bond donors (Lipinski definition) is 1. The van der Waals surface area contributed by atoms with E-state index in [1.54, 1.807) is 37.4 Å². The van der Waals surface area contributed by atoms with Gasteiger partial charge in [0.05, 0.1) is 22.2 Å². The maximum atomic E-state index is 12.6. The monoisotopic (exact) mass is 466 g/mol. The molecule has 8 heteroatoms. The SMILES string of the molecule is Cc1ccc(-c2nn(C)c(=O)c3ccccc23)cc1CNC(=O)CN1C(=O)c2ccccc2C1=O. The van der Waals surface area contributed by atoms with Crippen molar-refractivity contribution in [3.8, 4) is 11.3 Å². The lowest BCUT2D eigenvalue weighted by Gasteiger charge is -2.15. The van der Waals surface area contributed by atoms with E-state index < -0.39 is 17.7 Å². The molecule has 5 rings (SSSR count). The molecule has 0 saturated carbocycles. The van der Waals surface area contributed by atoms with Gasteiger partial charge in [0.2, 0.25) is 5.91 Å². The number of nitrogens with zero attached hydrogens (tertiary/aromatic N) is 3. The van der Waals surface area contributed by atoms with Gasteiger partial charge in [-0.3, -0.25) is 24.1 Å². The molecular formula is C27H22N4O4. The molecule has 0 unspecified atom stereocenters. The largest absolute Gasteiger partial charge is 0.350 e. The Balaban J connectivity index is 1.36. The molecule has 174 valence electrons. The second-order valence-electron chi connectivity index (χ2n) is 8.48. The van der Waals surface area contributed by atoms with Gasteiger partial charge in [0, 0.05) is 24.5 Å². The van der Waals surface area contributed by atoms with Gasteiger partial charge >= 0.3 is 0 Å². The predicted molar refractivity (Wildman–Crippen MR) is 131 cm³/mol. The van der Waals surface area contributed by atoms with Crippen LogP contribution in [0.4, 0.5) is 0 Å². The molecule has 1 aliphatic heterocycles. The van der Waals surface area contributed by atoms with Gasteiger partial charge in [0.15, 0.2) is 0 Å². The summed E-state index contributed by atoms with van der Waals surface area (Å²) >= 11 is 0. The Morgan fingerprint density at radius 2 is 1.51 bits per heavy atom. The van der Waals surface area contributed by atoms with E-state index >= 15 is 0 Å². The number of imide groups is 1. The third-order valence-corrected chi connectivity index (χ3v) is 6.23. The molecule has 0 saturated heterocycles. The molecule has 35 heavy (non-hydrogen) atoms. The Morgan fingerprint density at radius 1 is 0.886 bits per heavy atom. The van der Waals surface area contributed by atoms with E-state index in [0.717, 1.165) is 27.0 Å². The lowest BCUT2D eigenvalue weighted by atomic mass is 10.00. The van der Waals surface area contributed by atoms with Gasteiger partial charge in [0.1, 0.15) is 6.54 Å². The molecule has 1 N–H and O–H groups in total. The molecule has 0 radical (unpaired) electrons. The summed E-state index contributed by atoms with van der Waals surface area (Å²) in [4.78, 5) is 51.1. The molecular weight excluding hydrogens is 444 g/mol. The number of aromatic nitrogens is 2. The molecule has 8 nitrogen and oxygen atoms in total. The zero-order valence-corrected chi connectivity index (χ0v) is 19.2. The van der Waals surface area contributed by atoms with E-state index in [1.165, 1.54) is 4.68 Å². The zero-order chi connectivity index (χ0) is 24.7. The highest BCUT2D eigenvalue weighted by Crippen LogP contribution is 2.27. The van der Waals surface area contributed by atoms with Crippen LogP contribution in [0.1, 0.15) is 31.8 Å². The van der Waals surface area contributed by atoms with Crippen molar-refractivity contribution in [1.82, 2.24) is 20.0 Å². The molecule has 1 aliphatic rings. The fraction of sp³-hybridized carbons (Fsp3) is 0.148. The number of carbonyl (C=O) groups excluding carboxylic acids is 3. The first-order valence-corrected chi connectivity index (χ1v) is 11.1. The molecule has 2 heterocycles. The van der Waals surface area contributed by atoms with Crippen molar-refractivity contribution in [3.63, 3.8) is 0 Å². The first-order valence-electron chi connectivity index (χ1n) is 11.1. The van der Waals surface area contributed by atoms with Crippen molar-refractivity contribution in [2.45, 2.75) is 13.5 Å². The van der Waals surface area contributed by atoms with Crippen molar-refractivity contribution in [3.05, 3.63) is 99.3 Å². The second kappa shape index (κ2) is 8.64. The smallest absolute Gasteiger partial charge is 0.274 e. The average Bonchev–Trinajstić information content (AvgIpc) is 3.11. The zero-order valence-electron chi connectivity index (χ0n) is 19.2. The van der Waals surface area contributed by atoms with Crippen LogP contribution in [0.25, 0.3) is 22.0 Å². The minimum absolute atomic E-state index is 0.169. The molecule has 0 spiro atoms. The molecule has 0 bridgehead atoms. The highest BCUT2D eigenvalue weighted by atomic mass is 16.2. The summed E-state index contributed by atoms with van der Waals surface area (Å²) in [5.74, 6) is -1.37. The predicted octanol–water partition coefficient (Wildman–Crippen LogP) is 2.82. The maximum absolute atomic E-state index is 12.6. The van der Waals surface area contributed by atoms with Gasteiger partial charge in [-0.2, -0.15) is 5.10 Å². The quantitative estimate of drug-likeness (QED) is 0.456. The molecule has 3 amide bonds. The topological polar surface area (TPSA) is 101 Å². The van der Waals surface area contributed by atoms with Gasteiger partial charge in [0.25, 0.3) is 17.4 Å². The maximum Gasteiger partial charge on any atom is 0.274 e. The van der Waals surface area contributed by atoms with Crippen molar-refractivity contribution in [1.29, 1.82) is 0 Å². The number of aryl methyl sites for hydroxylation is 2. The third-order valence-electron chi connectivity index (χ3n) is 6.23. The molecule has 0 atom stereocenters. The van der Waals surface area contributed by atoms with Crippen LogP contribution in [-0.4, -0.2) is 38.9 Å². The highest BCUT2D eigenvalue weighted by Gasteiger charge is 2.36. The van der Waals surface area contributed by atoms with Gasteiger partial charge < -0.3 is 5.32 Å². The minimum atomic E-state index is -0.466. The summed E-state index contributed by atoms with van der Waals surface area (Å²) in [7, 11) is 1.62. The van der Waals surface area contributed by atoms with Crippen LogP contribution < -0.4 is 10.9 Å². The lowest BCUT2D eigenvalue weighted by molar-refractivity contribution is -0.121. The van der Waals surface area contributed by atoms with E-state index in [0.29, 0.717) is 22.2 Å². The number of benzene rings is 3. The Kier molecular flexibility index (Phi) is 5.49. The molecule has 1 aromatic heterocycles. The highest BCUT2D eigenvalue weighted by molar-refractivity contribution is 6.22. The Bertz CT molecular complexity index is 1550. The molecule has 4 aromatic rings. The van der Waals surface area contributed by atoms with E-state index in [2.05, 4.69) is 10.4 Å². The van der Waals surface area contributed by atoms with Gasteiger partial charge in [-0.05, 0) is 42.3 Å². The van der Waals surface area contributed by atoms with Crippen LogP contribution in [0.2, 0.25) is 0 Å². The van der Waals surface area contributed by atoms with E-state index in [-0.39, 0.29) is 18.6 Å². The molecule has 0 aliphatic carbocycles. The Hall–Kier alpha value is -4.59. The second-order valence-corrected chi connectivity index (χ2v) is 8.48. The average molecular weight is 466 g/mol. The van der Waals surface area contributed by atoms with E-state index in [1.807, 2.05) is 43.3 Å². The van der Waals surface area contributed by atoms with Crippen molar-refractivity contribution in [2.75, 3.05) is 6.54 Å². The number of amides is 3. The number of rotatable bonds is 5. The van der Waals surface area contributed by atoms with Crippen molar-refractivity contribution < 1.29 is 14.4 Å². The summed E-state index contributed by atoms with van der Waals surface area (Å²) in [6.45, 7) is 1.80. The normalized spacial score (nSPS) is 12.8. The Morgan fingerprint density at radius 3 is 2.20 bits per heavy atom. The van der Waals surface area contributed by atoms with Crippen LogP contribution in [0.15, 0.2) is 71.5 Å². The van der Waals surface area contributed by atoms with Gasteiger partial charge in [-0.15, -0.1) is 0 Å². The standard InChI is InChI=1S/C27H22N4O4/c1-16-11-12-17(24-19-7-3-4-8-20(19)25(33)30(2)29-24)13-18(16)14-28-23(32)15-31-26(34)21-9-5-6-10-22(21)27(31)35/h3-13H,14-15H2,1-2H3,(H,28,32). The van der Waals surface area contributed by atoms with E-state index in [4.69, 9.17) is 0 Å². The third kappa shape index (κ3) is 3.89. The van der Waals surface area contributed by atoms with Crippen LogP contribution in [-0.2, 0) is 18.4 Å². The number of carbonyl (C=O) groups is 3. The van der Waals surface area contributed by atoms with Gasteiger partial charge in [-0.1, -0.05) is 42.5 Å². The number of fused-ring (bicyclic) bond motifs is 2. The number of hydrogen-bond acceptors (Lipinski definition) is 5. The summed E-state index contributed by atoms with van der Waals surface area (Å²) in [5.41, 5.74) is 3.75. The summed E-state index contributed by atoms with van der Waals surface area (Å²) in [5, 5.41) is 8.62. The van der Waals surface area contributed by atoms with Crippen molar-refractivity contribution >= 4 is 28.5 Å². The fourth-order valence-electron chi connectivity index (χ4n) is 4.30.